The molecule has 1 aliphatic rings. The third-order valence-corrected chi connectivity index (χ3v) is 5.84. The fraction of sp³-hybridized carbons (Fsp3) is 0.286. The second kappa shape index (κ2) is 7.36. The van der Waals surface area contributed by atoms with Gasteiger partial charge in [-0.1, -0.05) is 12.1 Å². The number of hydrogen-bond donors (Lipinski definition) is 0. The molecule has 0 aliphatic carbocycles. The Kier molecular flexibility index (Phi) is 4.87. The normalized spacial score (nSPS) is 15.6. The van der Waals surface area contributed by atoms with E-state index in [0.717, 1.165) is 5.76 Å². The lowest BCUT2D eigenvalue weighted by atomic mass is 10.1. The van der Waals surface area contributed by atoms with E-state index in [9.17, 15) is 9.59 Å². The van der Waals surface area contributed by atoms with Crippen molar-refractivity contribution in [1.29, 1.82) is 0 Å². The summed E-state index contributed by atoms with van der Waals surface area (Å²) in [4.78, 5) is 34.1. The van der Waals surface area contributed by atoms with Crippen LogP contribution in [0.4, 0.5) is 5.69 Å². The van der Waals surface area contributed by atoms with E-state index in [4.69, 9.17) is 9.15 Å². The summed E-state index contributed by atoms with van der Waals surface area (Å²) < 4.78 is 11.5. The Morgan fingerprint density at radius 1 is 1.17 bits per heavy atom. The lowest BCUT2D eigenvalue weighted by Gasteiger charge is -2.34. The van der Waals surface area contributed by atoms with Crippen LogP contribution in [0.2, 0.25) is 0 Å². The van der Waals surface area contributed by atoms with Crippen molar-refractivity contribution in [3.8, 4) is 16.5 Å². The number of furan rings is 1. The van der Waals surface area contributed by atoms with Crippen molar-refractivity contribution in [3.05, 3.63) is 52.7 Å². The van der Waals surface area contributed by atoms with Crippen LogP contribution in [0.15, 0.2) is 40.8 Å². The van der Waals surface area contributed by atoms with Crippen LogP contribution in [-0.2, 0) is 4.79 Å². The van der Waals surface area contributed by atoms with Crippen LogP contribution in [0.1, 0.15) is 21.1 Å². The predicted octanol–water partition coefficient (Wildman–Crippen LogP) is 3.52. The molecule has 0 saturated heterocycles. The summed E-state index contributed by atoms with van der Waals surface area (Å²) >= 11 is 1.29. The summed E-state index contributed by atoms with van der Waals surface area (Å²) in [5.74, 6) is 1.54. The average Bonchev–Trinajstić information content (AvgIpc) is 3.31. The number of aryl methyl sites for hydroxylation is 2. The van der Waals surface area contributed by atoms with Gasteiger partial charge in [0.05, 0.1) is 17.9 Å². The topological polar surface area (TPSA) is 75.9 Å². The molecule has 2 amide bonds. The van der Waals surface area contributed by atoms with Crippen LogP contribution in [0, 0.1) is 13.8 Å². The fourth-order valence-electron chi connectivity index (χ4n) is 3.22. The van der Waals surface area contributed by atoms with Gasteiger partial charge in [-0.3, -0.25) is 14.5 Å². The molecular weight excluding hydrogens is 390 g/mol. The monoisotopic (exact) mass is 411 g/mol. The summed E-state index contributed by atoms with van der Waals surface area (Å²) in [6.07, 6.45) is -0.760. The van der Waals surface area contributed by atoms with E-state index in [0.29, 0.717) is 32.8 Å². The molecule has 2 aromatic heterocycles. The van der Waals surface area contributed by atoms with Crippen molar-refractivity contribution in [2.24, 2.45) is 0 Å². The van der Waals surface area contributed by atoms with Crippen molar-refractivity contribution >= 4 is 28.8 Å². The van der Waals surface area contributed by atoms with Gasteiger partial charge in [-0.2, -0.15) is 0 Å². The molecule has 3 aromatic rings. The van der Waals surface area contributed by atoms with Crippen molar-refractivity contribution in [1.82, 2.24) is 9.88 Å². The van der Waals surface area contributed by atoms with Crippen molar-refractivity contribution in [2.75, 3.05) is 25.5 Å². The Hall–Kier alpha value is -3.13. The standard InChI is InChI=1S/C21H21N3O4S/c1-12-9-10-16(27-12)19-22-13(2)18(29-19)21(26)24-11-17(20(25)23(3)4)28-15-8-6-5-7-14(15)24/h5-10,17H,11H2,1-4H3/t17-/m0/s1. The van der Waals surface area contributed by atoms with Crippen LogP contribution in [0.5, 0.6) is 5.75 Å². The minimum Gasteiger partial charge on any atom is -0.476 e. The quantitative estimate of drug-likeness (QED) is 0.659. The number of thiazole rings is 1. The van der Waals surface area contributed by atoms with Gasteiger partial charge in [0, 0.05) is 14.1 Å². The first-order chi connectivity index (χ1) is 13.8. The number of carbonyl (C=O) groups excluding carboxylic acids is 2. The Bertz CT molecular complexity index is 1090. The molecule has 0 N–H and O–H groups in total. The highest BCUT2D eigenvalue weighted by Gasteiger charge is 2.36. The fourth-order valence-corrected chi connectivity index (χ4v) is 4.19. The number of para-hydroxylation sites is 2. The zero-order chi connectivity index (χ0) is 20.7. The molecular formula is C21H21N3O4S. The third kappa shape index (κ3) is 3.51. The van der Waals surface area contributed by atoms with Gasteiger partial charge in [-0.05, 0) is 38.1 Å². The molecule has 0 fully saturated rings. The molecule has 29 heavy (non-hydrogen) atoms. The highest BCUT2D eigenvalue weighted by Crippen LogP contribution is 2.36. The van der Waals surface area contributed by atoms with Crippen LogP contribution in [-0.4, -0.2) is 48.4 Å². The number of carbonyl (C=O) groups is 2. The second-order valence-corrected chi connectivity index (χ2v) is 8.07. The molecule has 1 aromatic carbocycles. The summed E-state index contributed by atoms with van der Waals surface area (Å²) in [5, 5.41) is 0.654. The number of ether oxygens (including phenoxy) is 1. The molecule has 150 valence electrons. The van der Waals surface area contributed by atoms with Gasteiger partial charge in [0.2, 0.25) is 0 Å². The van der Waals surface area contributed by atoms with Crippen LogP contribution in [0.3, 0.4) is 0 Å². The first-order valence-electron chi connectivity index (χ1n) is 9.18. The minimum atomic E-state index is -0.760. The maximum absolute atomic E-state index is 13.5. The van der Waals surface area contributed by atoms with E-state index in [1.54, 1.807) is 32.0 Å². The van der Waals surface area contributed by atoms with Crippen molar-refractivity contribution in [2.45, 2.75) is 20.0 Å². The number of amides is 2. The molecule has 7 nitrogen and oxygen atoms in total. The van der Waals surface area contributed by atoms with Crippen LogP contribution >= 0.6 is 11.3 Å². The summed E-state index contributed by atoms with van der Waals surface area (Å²) in [7, 11) is 3.34. The maximum atomic E-state index is 13.5. The van der Waals surface area contributed by atoms with Gasteiger partial charge in [-0.15, -0.1) is 11.3 Å². The molecule has 3 heterocycles. The van der Waals surface area contributed by atoms with Gasteiger partial charge < -0.3 is 14.1 Å². The predicted molar refractivity (Wildman–Crippen MR) is 111 cm³/mol. The van der Waals surface area contributed by atoms with E-state index < -0.39 is 6.10 Å². The van der Waals surface area contributed by atoms with Crippen molar-refractivity contribution in [3.63, 3.8) is 0 Å². The zero-order valence-corrected chi connectivity index (χ0v) is 17.4. The molecule has 0 bridgehead atoms. The molecule has 0 unspecified atom stereocenters. The number of aromatic nitrogens is 1. The number of rotatable bonds is 3. The van der Waals surface area contributed by atoms with E-state index in [1.165, 1.54) is 16.2 Å². The lowest BCUT2D eigenvalue weighted by molar-refractivity contribution is -0.135. The van der Waals surface area contributed by atoms with Crippen molar-refractivity contribution < 1.29 is 18.7 Å². The molecule has 1 aliphatic heterocycles. The summed E-state index contributed by atoms with van der Waals surface area (Å²) in [5.41, 5.74) is 1.27. The Morgan fingerprint density at radius 2 is 1.93 bits per heavy atom. The van der Waals surface area contributed by atoms with Gasteiger partial charge >= 0.3 is 0 Å². The molecule has 0 saturated carbocycles. The SMILES string of the molecule is Cc1ccc(-c2nc(C)c(C(=O)N3C[C@@H](C(=O)N(C)C)Oc4ccccc43)s2)o1. The second-order valence-electron chi connectivity index (χ2n) is 7.07. The van der Waals surface area contributed by atoms with E-state index in [2.05, 4.69) is 4.98 Å². The van der Waals surface area contributed by atoms with Gasteiger partial charge in [-0.25, -0.2) is 4.98 Å². The number of likely N-dealkylation sites (N-methyl/N-ethyl adjacent to an activating group) is 1. The first-order valence-corrected chi connectivity index (χ1v) is 9.99. The van der Waals surface area contributed by atoms with Gasteiger partial charge in [0.25, 0.3) is 11.8 Å². The number of benzene rings is 1. The summed E-state index contributed by atoms with van der Waals surface area (Å²) in [6.45, 7) is 3.81. The third-order valence-electron chi connectivity index (χ3n) is 4.68. The van der Waals surface area contributed by atoms with E-state index in [-0.39, 0.29) is 18.4 Å². The molecule has 0 spiro atoms. The van der Waals surface area contributed by atoms with Crippen LogP contribution in [0.25, 0.3) is 10.8 Å². The Balaban J connectivity index is 1.70. The van der Waals surface area contributed by atoms with Gasteiger partial charge in [0.1, 0.15) is 16.4 Å². The molecule has 1 atom stereocenters. The highest BCUT2D eigenvalue weighted by atomic mass is 32.1. The first kappa shape index (κ1) is 19.2. The largest absolute Gasteiger partial charge is 0.476 e. The van der Waals surface area contributed by atoms with Crippen LogP contribution < -0.4 is 9.64 Å². The smallest absolute Gasteiger partial charge is 0.270 e. The van der Waals surface area contributed by atoms with E-state index >= 15 is 0 Å². The number of nitrogens with zero attached hydrogens (tertiary/aromatic N) is 3. The zero-order valence-electron chi connectivity index (χ0n) is 16.6. The van der Waals surface area contributed by atoms with Gasteiger partial charge in [0.15, 0.2) is 16.9 Å². The highest BCUT2D eigenvalue weighted by molar-refractivity contribution is 7.17. The Morgan fingerprint density at radius 3 is 2.62 bits per heavy atom. The molecule has 8 heteroatoms. The maximum Gasteiger partial charge on any atom is 0.270 e. The number of fused-ring (bicyclic) bond motifs is 1. The summed E-state index contributed by atoms with van der Waals surface area (Å²) in [6, 6.07) is 10.9. The molecule has 0 radical (unpaired) electrons. The number of hydrogen-bond acceptors (Lipinski definition) is 6. The number of anilines is 1. The Labute approximate surface area is 172 Å². The van der Waals surface area contributed by atoms with E-state index in [1.807, 2.05) is 37.3 Å². The average molecular weight is 411 g/mol. The minimum absolute atomic E-state index is 0.138. The molecule has 4 rings (SSSR count). The lowest BCUT2D eigenvalue weighted by Crippen LogP contribution is -2.50.